The van der Waals surface area contributed by atoms with Crippen molar-refractivity contribution in [2.45, 2.75) is 19.1 Å². The second-order valence-electron chi connectivity index (χ2n) is 6.58. The Bertz CT molecular complexity index is 1130. The predicted molar refractivity (Wildman–Crippen MR) is 110 cm³/mol. The molecule has 0 aliphatic heterocycles. The van der Waals surface area contributed by atoms with Crippen LogP contribution in [-0.4, -0.2) is 34.1 Å². The van der Waals surface area contributed by atoms with Crippen LogP contribution in [0.15, 0.2) is 59.4 Å². The molecule has 0 radical (unpaired) electrons. The molecule has 3 amide bonds. The summed E-state index contributed by atoms with van der Waals surface area (Å²) in [6.07, 6.45) is -1.41. The van der Waals surface area contributed by atoms with E-state index in [9.17, 15) is 19.2 Å². The number of para-hydroxylation sites is 2. The largest absolute Gasteiger partial charge is 0.447 e. The van der Waals surface area contributed by atoms with Crippen molar-refractivity contribution in [3.8, 4) is 0 Å². The highest BCUT2D eigenvalue weighted by Crippen LogP contribution is 2.19. The summed E-state index contributed by atoms with van der Waals surface area (Å²) >= 11 is 0. The fraction of sp³-hybridized carbons (Fsp3) is 0.238. The van der Waals surface area contributed by atoms with Gasteiger partial charge in [0.1, 0.15) is 0 Å². The quantitative estimate of drug-likeness (QED) is 0.598. The minimum atomic E-state index is -1.29. The number of benzene rings is 2. The van der Waals surface area contributed by atoms with Gasteiger partial charge in [-0.3, -0.25) is 24.0 Å². The van der Waals surface area contributed by atoms with E-state index >= 15 is 0 Å². The van der Waals surface area contributed by atoms with E-state index in [0.717, 1.165) is 5.52 Å². The second-order valence-corrected chi connectivity index (χ2v) is 6.58. The molecule has 156 valence electrons. The Labute approximate surface area is 172 Å². The van der Waals surface area contributed by atoms with Crippen LogP contribution in [-0.2, 0) is 27.9 Å². The van der Waals surface area contributed by atoms with Gasteiger partial charge in [-0.25, -0.2) is 9.59 Å². The monoisotopic (exact) mass is 410 g/mol. The van der Waals surface area contributed by atoms with Crippen molar-refractivity contribution >= 4 is 28.9 Å². The first-order chi connectivity index (χ1) is 14.4. The first kappa shape index (κ1) is 20.8. The molecule has 3 rings (SSSR count). The van der Waals surface area contributed by atoms with Gasteiger partial charge in [0.15, 0.2) is 0 Å². The normalized spacial score (nSPS) is 11.7. The minimum absolute atomic E-state index is 0.0948. The molecule has 0 saturated carbocycles. The van der Waals surface area contributed by atoms with Crippen LogP contribution in [0.2, 0.25) is 0 Å². The van der Waals surface area contributed by atoms with E-state index in [0.29, 0.717) is 11.1 Å². The average molecular weight is 410 g/mol. The lowest BCUT2D eigenvalue weighted by Gasteiger charge is -2.17. The third-order valence-corrected chi connectivity index (χ3v) is 4.64. The van der Waals surface area contributed by atoms with Gasteiger partial charge in [0.2, 0.25) is 6.10 Å². The molecule has 0 spiro atoms. The Balaban J connectivity index is 1.75. The zero-order valence-electron chi connectivity index (χ0n) is 16.6. The highest BCUT2D eigenvalue weighted by molar-refractivity contribution is 5.97. The number of fused-ring (bicyclic) bond motifs is 1. The number of carbonyl (C=O) groups excluding carboxylic acids is 3. The lowest BCUT2D eigenvalue weighted by Crippen LogP contribution is -2.41. The van der Waals surface area contributed by atoms with Gasteiger partial charge in [-0.05, 0) is 12.1 Å². The number of nitrogens with zero attached hydrogens (tertiary/aromatic N) is 2. The molecule has 0 fully saturated rings. The zero-order chi connectivity index (χ0) is 21.7. The third-order valence-electron chi connectivity index (χ3n) is 4.64. The topological polar surface area (TPSA) is 111 Å². The van der Waals surface area contributed by atoms with Crippen molar-refractivity contribution in [2.75, 3.05) is 7.05 Å². The van der Waals surface area contributed by atoms with Gasteiger partial charge < -0.3 is 10.1 Å². The predicted octanol–water partition coefficient (Wildman–Crippen LogP) is 1.47. The maximum absolute atomic E-state index is 12.5. The van der Waals surface area contributed by atoms with Crippen LogP contribution < -0.4 is 16.3 Å². The molecular weight excluding hydrogens is 388 g/mol. The average Bonchev–Trinajstić information content (AvgIpc) is 3.01. The Morgan fingerprint density at radius 3 is 2.30 bits per heavy atom. The first-order valence-corrected chi connectivity index (χ1v) is 9.33. The number of hydrogen-bond acceptors (Lipinski definition) is 5. The number of esters is 1. The minimum Gasteiger partial charge on any atom is -0.447 e. The summed E-state index contributed by atoms with van der Waals surface area (Å²) in [5, 5.41) is 4.40. The van der Waals surface area contributed by atoms with Gasteiger partial charge in [-0.1, -0.05) is 42.5 Å². The van der Waals surface area contributed by atoms with Crippen LogP contribution in [0.5, 0.6) is 0 Å². The summed E-state index contributed by atoms with van der Waals surface area (Å²) in [5.74, 6) is -1.44. The van der Waals surface area contributed by atoms with Gasteiger partial charge in [-0.2, -0.15) is 0 Å². The molecule has 3 aromatic rings. The number of aryl methyl sites for hydroxylation is 2. The van der Waals surface area contributed by atoms with Crippen molar-refractivity contribution in [2.24, 2.45) is 7.05 Å². The van der Waals surface area contributed by atoms with Crippen molar-refractivity contribution in [3.63, 3.8) is 0 Å². The number of ether oxygens (including phenoxy) is 1. The van der Waals surface area contributed by atoms with E-state index in [4.69, 9.17) is 4.74 Å². The molecule has 0 aliphatic rings. The molecule has 1 atom stereocenters. The molecule has 2 N–H and O–H groups in total. The summed E-state index contributed by atoms with van der Waals surface area (Å²) in [4.78, 5) is 48.9. The van der Waals surface area contributed by atoms with Gasteiger partial charge in [0.25, 0.3) is 5.91 Å². The molecule has 30 heavy (non-hydrogen) atoms. The molecule has 0 bridgehead atoms. The summed E-state index contributed by atoms with van der Waals surface area (Å²) in [7, 11) is 3.03. The number of imide groups is 1. The van der Waals surface area contributed by atoms with Gasteiger partial charge in [-0.15, -0.1) is 0 Å². The van der Waals surface area contributed by atoms with Crippen LogP contribution in [0.4, 0.5) is 4.79 Å². The van der Waals surface area contributed by atoms with E-state index in [1.54, 1.807) is 43.4 Å². The third kappa shape index (κ3) is 4.40. The number of rotatable bonds is 6. The number of amides is 3. The fourth-order valence-electron chi connectivity index (χ4n) is 3.11. The summed E-state index contributed by atoms with van der Waals surface area (Å²) in [5.41, 5.74) is 1.63. The number of carbonyl (C=O) groups is 3. The molecule has 9 heteroatoms. The van der Waals surface area contributed by atoms with Crippen LogP contribution in [0.1, 0.15) is 18.1 Å². The number of aromatic nitrogens is 2. The van der Waals surface area contributed by atoms with Crippen LogP contribution in [0, 0.1) is 0 Å². The number of nitrogens with one attached hydrogen (secondary N) is 2. The SMILES string of the molecule is CNC(=O)NC(=O)C(OC(=O)CCn1c(=O)n(C)c2ccccc21)c1ccccc1. The van der Waals surface area contributed by atoms with Crippen molar-refractivity contribution < 1.29 is 19.1 Å². The van der Waals surface area contributed by atoms with Crippen LogP contribution in [0.25, 0.3) is 11.0 Å². The smallest absolute Gasteiger partial charge is 0.328 e. The van der Waals surface area contributed by atoms with Gasteiger partial charge in [0.05, 0.1) is 17.5 Å². The van der Waals surface area contributed by atoms with E-state index in [1.165, 1.54) is 16.2 Å². The van der Waals surface area contributed by atoms with E-state index in [1.807, 2.05) is 18.2 Å². The Hall–Kier alpha value is -3.88. The van der Waals surface area contributed by atoms with E-state index < -0.39 is 24.0 Å². The van der Waals surface area contributed by atoms with Crippen LogP contribution >= 0.6 is 0 Å². The molecular formula is C21H22N4O5. The Morgan fingerprint density at radius 1 is 1.00 bits per heavy atom. The standard InChI is InChI=1S/C21H22N4O5/c1-22-20(28)23-19(27)18(14-8-4-3-5-9-14)30-17(26)12-13-25-16-11-7-6-10-15(16)24(2)21(25)29/h3-11,18H,12-13H2,1-2H3,(H2,22,23,27,28). The van der Waals surface area contributed by atoms with Crippen molar-refractivity contribution in [1.82, 2.24) is 19.8 Å². The highest BCUT2D eigenvalue weighted by atomic mass is 16.5. The summed E-state index contributed by atoms with van der Waals surface area (Å²) in [6, 6.07) is 14.9. The summed E-state index contributed by atoms with van der Waals surface area (Å²) in [6.45, 7) is 0.0948. The second kappa shape index (κ2) is 9.08. The van der Waals surface area contributed by atoms with Crippen LogP contribution in [0.3, 0.4) is 0 Å². The van der Waals surface area contributed by atoms with Crippen molar-refractivity contribution in [1.29, 1.82) is 0 Å². The number of urea groups is 1. The van der Waals surface area contributed by atoms with E-state index in [2.05, 4.69) is 10.6 Å². The Morgan fingerprint density at radius 2 is 1.63 bits per heavy atom. The molecule has 2 aromatic carbocycles. The highest BCUT2D eigenvalue weighted by Gasteiger charge is 2.26. The molecule has 0 saturated heterocycles. The molecule has 9 nitrogen and oxygen atoms in total. The number of imidazole rings is 1. The summed E-state index contributed by atoms with van der Waals surface area (Å²) < 4.78 is 8.36. The van der Waals surface area contributed by atoms with E-state index in [-0.39, 0.29) is 18.7 Å². The van der Waals surface area contributed by atoms with Gasteiger partial charge >= 0.3 is 17.7 Å². The maximum Gasteiger partial charge on any atom is 0.328 e. The number of hydrogen-bond donors (Lipinski definition) is 2. The first-order valence-electron chi connectivity index (χ1n) is 9.33. The molecule has 0 aliphatic carbocycles. The van der Waals surface area contributed by atoms with Gasteiger partial charge in [0, 0.05) is 26.2 Å². The Kier molecular flexibility index (Phi) is 6.31. The molecule has 1 unspecified atom stereocenters. The zero-order valence-corrected chi connectivity index (χ0v) is 16.6. The lowest BCUT2D eigenvalue weighted by atomic mass is 10.1. The fourth-order valence-corrected chi connectivity index (χ4v) is 3.11. The lowest BCUT2D eigenvalue weighted by molar-refractivity contribution is -0.156. The molecule has 1 aromatic heterocycles. The maximum atomic E-state index is 12.5. The molecule has 1 heterocycles. The van der Waals surface area contributed by atoms with Crippen molar-refractivity contribution in [3.05, 3.63) is 70.6 Å².